The van der Waals surface area contributed by atoms with Gasteiger partial charge in [-0.3, -0.25) is 9.59 Å². The molecule has 1 aliphatic heterocycles. The zero-order valence-electron chi connectivity index (χ0n) is 13.8. The van der Waals surface area contributed by atoms with Crippen molar-refractivity contribution in [2.24, 2.45) is 10.8 Å². The van der Waals surface area contributed by atoms with Gasteiger partial charge in [0.2, 0.25) is 5.91 Å². The maximum absolute atomic E-state index is 13.2. The average molecular weight is 376 g/mol. The van der Waals surface area contributed by atoms with E-state index >= 15 is 0 Å². The van der Waals surface area contributed by atoms with Gasteiger partial charge in [0.15, 0.2) is 0 Å². The van der Waals surface area contributed by atoms with Gasteiger partial charge in [0.25, 0.3) is 5.91 Å². The summed E-state index contributed by atoms with van der Waals surface area (Å²) in [6.45, 7) is 0. The minimum absolute atomic E-state index is 0.0410. The first-order valence-corrected chi connectivity index (χ1v) is 8.14. The van der Waals surface area contributed by atoms with Crippen molar-refractivity contribution in [3.8, 4) is 0 Å². The van der Waals surface area contributed by atoms with Crippen molar-refractivity contribution >= 4 is 29.1 Å². The highest BCUT2D eigenvalue weighted by Crippen LogP contribution is 2.25. The molecule has 3 rings (SSSR count). The number of primary amides is 1. The van der Waals surface area contributed by atoms with Crippen LogP contribution in [-0.2, 0) is 16.0 Å². The van der Waals surface area contributed by atoms with E-state index in [2.05, 4.69) is 15.3 Å². The molecule has 2 N–H and O–H groups in total. The van der Waals surface area contributed by atoms with Crippen molar-refractivity contribution in [2.75, 3.05) is 7.05 Å². The average Bonchev–Trinajstić information content (AvgIpc) is 2.61. The van der Waals surface area contributed by atoms with Crippen LogP contribution in [0.3, 0.4) is 0 Å². The fraction of sp³-hybridized carbons (Fsp3) is 0.235. The molecule has 0 saturated heterocycles. The monoisotopic (exact) mass is 375 g/mol. The molecule has 2 amide bonds. The Kier molecular flexibility index (Phi) is 4.94. The van der Waals surface area contributed by atoms with Crippen molar-refractivity contribution in [2.45, 2.75) is 18.8 Å². The number of halogens is 2. The Morgan fingerprint density at radius 3 is 2.73 bits per heavy atom. The second-order valence-corrected chi connectivity index (χ2v) is 6.31. The lowest BCUT2D eigenvalue weighted by Crippen LogP contribution is -2.40. The van der Waals surface area contributed by atoms with Gasteiger partial charge in [0, 0.05) is 19.9 Å². The Morgan fingerprint density at radius 2 is 2.12 bits per heavy atom. The molecule has 0 aliphatic carbocycles. The number of hydrazone groups is 1. The van der Waals surface area contributed by atoms with Crippen LogP contribution in [0.1, 0.15) is 29.3 Å². The fourth-order valence-electron chi connectivity index (χ4n) is 2.67. The summed E-state index contributed by atoms with van der Waals surface area (Å²) < 4.78 is 13.2. The zero-order valence-corrected chi connectivity index (χ0v) is 14.6. The molecular weight excluding hydrogens is 361 g/mol. The van der Waals surface area contributed by atoms with Crippen LogP contribution in [0.4, 0.5) is 4.39 Å². The van der Waals surface area contributed by atoms with Crippen molar-refractivity contribution in [3.63, 3.8) is 0 Å². The highest BCUT2D eigenvalue weighted by molar-refractivity contribution is 6.41. The number of benzene rings is 1. The number of nitrogens with zero attached hydrogens (tertiary/aromatic N) is 4. The molecule has 2 aromatic rings. The summed E-state index contributed by atoms with van der Waals surface area (Å²) in [4.78, 5) is 23.5. The second-order valence-electron chi connectivity index (χ2n) is 5.90. The Morgan fingerprint density at radius 1 is 1.35 bits per heavy atom. The normalized spacial score (nSPS) is 17.2. The van der Waals surface area contributed by atoms with Gasteiger partial charge in [-0.1, -0.05) is 17.7 Å². The number of rotatable bonds is 4. The molecule has 1 aromatic heterocycles. The molecule has 0 saturated carbocycles. The topological polar surface area (TPSA) is 102 Å². The van der Waals surface area contributed by atoms with Crippen LogP contribution < -0.4 is 5.73 Å². The minimum Gasteiger partial charge on any atom is -0.364 e. The third-order valence-electron chi connectivity index (χ3n) is 4.05. The lowest BCUT2D eigenvalue weighted by molar-refractivity contribution is -0.130. The summed E-state index contributed by atoms with van der Waals surface area (Å²) in [5.74, 6) is -2.06. The van der Waals surface area contributed by atoms with E-state index in [1.54, 1.807) is 18.2 Å². The van der Waals surface area contributed by atoms with E-state index in [1.807, 2.05) is 0 Å². The summed E-state index contributed by atoms with van der Waals surface area (Å²) in [6, 6.07) is 7.83. The maximum Gasteiger partial charge on any atom is 0.265 e. The zero-order chi connectivity index (χ0) is 18.8. The Balaban J connectivity index is 1.82. The standard InChI is InChI=1S/C17H15ClFN5O2/c1-24-15(25)8-11(16(23-24)17(20)26)14-5-3-10(21-22-14)6-9-2-4-13(19)12(18)7-9/h2-5,7,11H,6,8H2,1H3,(H2,20,26). The van der Waals surface area contributed by atoms with Crippen molar-refractivity contribution in [3.05, 3.63) is 58.1 Å². The fourth-order valence-corrected chi connectivity index (χ4v) is 2.87. The van der Waals surface area contributed by atoms with Crippen LogP contribution in [0.5, 0.6) is 0 Å². The summed E-state index contributed by atoms with van der Waals surface area (Å²) >= 11 is 5.77. The summed E-state index contributed by atoms with van der Waals surface area (Å²) in [7, 11) is 1.46. The van der Waals surface area contributed by atoms with E-state index in [4.69, 9.17) is 17.3 Å². The van der Waals surface area contributed by atoms with Gasteiger partial charge < -0.3 is 5.73 Å². The molecule has 9 heteroatoms. The minimum atomic E-state index is -0.707. The number of amides is 2. The van der Waals surface area contributed by atoms with Gasteiger partial charge >= 0.3 is 0 Å². The van der Waals surface area contributed by atoms with E-state index in [1.165, 1.54) is 19.2 Å². The largest absolute Gasteiger partial charge is 0.364 e. The van der Waals surface area contributed by atoms with E-state index < -0.39 is 17.6 Å². The lowest BCUT2D eigenvalue weighted by Gasteiger charge is -2.24. The smallest absolute Gasteiger partial charge is 0.265 e. The van der Waals surface area contributed by atoms with E-state index in [0.717, 1.165) is 10.6 Å². The van der Waals surface area contributed by atoms with E-state index in [0.29, 0.717) is 17.8 Å². The molecule has 0 fully saturated rings. The SMILES string of the molecule is CN1N=C(C(N)=O)C(c2ccc(Cc3ccc(F)c(Cl)c3)nn2)CC1=O. The molecule has 134 valence electrons. The molecule has 1 unspecified atom stereocenters. The van der Waals surface area contributed by atoms with E-state index in [9.17, 15) is 14.0 Å². The first kappa shape index (κ1) is 17.9. The number of nitrogens with two attached hydrogens (primary N) is 1. The summed E-state index contributed by atoms with van der Waals surface area (Å²) in [5.41, 5.74) is 7.28. The van der Waals surface area contributed by atoms with Gasteiger partial charge in [0.1, 0.15) is 11.5 Å². The Hall–Kier alpha value is -2.87. The predicted molar refractivity (Wildman–Crippen MR) is 93.0 cm³/mol. The second kappa shape index (κ2) is 7.17. The van der Waals surface area contributed by atoms with Crippen LogP contribution in [0.25, 0.3) is 0 Å². The maximum atomic E-state index is 13.2. The quantitative estimate of drug-likeness (QED) is 0.877. The molecule has 0 spiro atoms. The van der Waals surface area contributed by atoms with Crippen LogP contribution in [0.15, 0.2) is 35.4 Å². The Bertz CT molecular complexity index is 901. The molecule has 7 nitrogen and oxygen atoms in total. The van der Waals surface area contributed by atoms with Crippen LogP contribution in [-0.4, -0.2) is 39.8 Å². The van der Waals surface area contributed by atoms with Crippen LogP contribution in [0, 0.1) is 5.82 Å². The van der Waals surface area contributed by atoms with Crippen molar-refractivity contribution in [1.29, 1.82) is 0 Å². The van der Waals surface area contributed by atoms with Gasteiger partial charge in [-0.15, -0.1) is 0 Å². The first-order chi connectivity index (χ1) is 12.3. The molecule has 0 bridgehead atoms. The van der Waals surface area contributed by atoms with E-state index in [-0.39, 0.29) is 23.1 Å². The van der Waals surface area contributed by atoms with Gasteiger partial charge in [-0.25, -0.2) is 9.40 Å². The van der Waals surface area contributed by atoms with Crippen LogP contribution >= 0.6 is 11.6 Å². The van der Waals surface area contributed by atoms with Gasteiger partial charge in [0.05, 0.1) is 22.3 Å². The lowest BCUT2D eigenvalue weighted by atomic mass is 9.93. The third kappa shape index (κ3) is 3.70. The van der Waals surface area contributed by atoms with Crippen molar-refractivity contribution in [1.82, 2.24) is 15.2 Å². The molecule has 1 atom stereocenters. The number of hydrogen-bond acceptors (Lipinski definition) is 5. The Labute approximate surface area is 153 Å². The number of carbonyl (C=O) groups is 2. The third-order valence-corrected chi connectivity index (χ3v) is 4.34. The van der Waals surface area contributed by atoms with Crippen molar-refractivity contribution < 1.29 is 14.0 Å². The summed E-state index contributed by atoms with van der Waals surface area (Å²) in [5, 5.41) is 13.3. The highest BCUT2D eigenvalue weighted by atomic mass is 35.5. The number of hydrogen-bond donors (Lipinski definition) is 1. The van der Waals surface area contributed by atoms with Gasteiger partial charge in [-0.2, -0.15) is 15.3 Å². The summed E-state index contributed by atoms with van der Waals surface area (Å²) in [6.07, 6.45) is 0.455. The number of carbonyl (C=O) groups excluding carboxylic acids is 2. The molecule has 2 heterocycles. The van der Waals surface area contributed by atoms with Crippen LogP contribution in [0.2, 0.25) is 5.02 Å². The molecule has 0 radical (unpaired) electrons. The molecular formula is C17H15ClFN5O2. The molecule has 1 aromatic carbocycles. The highest BCUT2D eigenvalue weighted by Gasteiger charge is 2.33. The molecule has 1 aliphatic rings. The predicted octanol–water partition coefficient (Wildman–Crippen LogP) is 1.65. The molecule has 26 heavy (non-hydrogen) atoms. The number of aromatic nitrogens is 2. The van der Waals surface area contributed by atoms with Gasteiger partial charge in [-0.05, 0) is 29.8 Å². The first-order valence-electron chi connectivity index (χ1n) is 7.76.